The molecule has 226 valence electrons. The van der Waals surface area contributed by atoms with E-state index >= 15 is 0 Å². The lowest BCUT2D eigenvalue weighted by molar-refractivity contribution is -0.432. The van der Waals surface area contributed by atoms with Crippen molar-refractivity contribution < 1.29 is 66.0 Å². The van der Waals surface area contributed by atoms with E-state index in [0.717, 1.165) is 24.3 Å². The van der Waals surface area contributed by atoms with Gasteiger partial charge in [0.15, 0.2) is 0 Å². The van der Waals surface area contributed by atoms with Gasteiger partial charge in [-0.25, -0.2) is 19.6 Å². The number of aliphatic hydroxyl groups is 1. The highest BCUT2D eigenvalue weighted by Crippen LogP contribution is 2.37. The predicted octanol–water partition coefficient (Wildman–Crippen LogP) is 3.89. The maximum atomic E-state index is 12.6. The van der Waals surface area contributed by atoms with Crippen LogP contribution in [0.5, 0.6) is 0 Å². The van der Waals surface area contributed by atoms with Crippen molar-refractivity contribution in [2.75, 3.05) is 0 Å². The van der Waals surface area contributed by atoms with Crippen molar-refractivity contribution in [3.8, 4) is 0 Å². The van der Waals surface area contributed by atoms with Gasteiger partial charge in [-0.2, -0.15) is 8.42 Å². The smallest absolute Gasteiger partial charge is 0.349 e. The second-order valence-electron chi connectivity index (χ2n) is 8.96. The first-order chi connectivity index (χ1) is 20.3. The zero-order valence-electron chi connectivity index (χ0n) is 22.2. The molecule has 4 rings (SSSR count). The van der Waals surface area contributed by atoms with Crippen LogP contribution in [0.1, 0.15) is 25.0 Å². The third kappa shape index (κ3) is 7.14. The van der Waals surface area contributed by atoms with Crippen LogP contribution in [-0.2, 0) is 64.4 Å². The van der Waals surface area contributed by atoms with Gasteiger partial charge in [0, 0.05) is 29.9 Å². The predicted molar refractivity (Wildman–Crippen MR) is 143 cm³/mol. The Morgan fingerprint density at radius 1 is 0.837 bits per heavy atom. The maximum Gasteiger partial charge on any atom is 0.349 e. The van der Waals surface area contributed by atoms with Gasteiger partial charge in [0.25, 0.3) is 27.6 Å². The summed E-state index contributed by atoms with van der Waals surface area (Å²) in [6.45, 7) is 2.63. The van der Waals surface area contributed by atoms with E-state index in [1.54, 1.807) is 18.2 Å². The summed E-state index contributed by atoms with van der Waals surface area (Å²) >= 11 is 0.662. The second-order valence-corrected chi connectivity index (χ2v) is 11.2. The minimum atomic E-state index is -4.55. The molecule has 0 spiro atoms. The van der Waals surface area contributed by atoms with E-state index in [-0.39, 0.29) is 11.1 Å². The zero-order valence-corrected chi connectivity index (χ0v) is 23.8. The van der Waals surface area contributed by atoms with E-state index in [1.807, 2.05) is 0 Å². The topological polar surface area (TPSA) is 201 Å². The Labute approximate surface area is 248 Å². The average molecular weight is 635 g/mol. The molecule has 2 aromatic carbocycles. The molecule has 0 saturated carbocycles. The third-order valence-corrected chi connectivity index (χ3v) is 7.39. The summed E-state index contributed by atoms with van der Waals surface area (Å²) < 4.78 is 57.9. The Balaban J connectivity index is 1.44. The van der Waals surface area contributed by atoms with Crippen molar-refractivity contribution in [3.63, 3.8) is 0 Å². The first-order valence-corrected chi connectivity index (χ1v) is 14.1. The van der Waals surface area contributed by atoms with Crippen LogP contribution in [0.3, 0.4) is 0 Å². The molecule has 0 aliphatic carbocycles. The first-order valence-electron chi connectivity index (χ1n) is 12.0. The van der Waals surface area contributed by atoms with Crippen LogP contribution in [0.2, 0.25) is 0 Å². The lowest BCUT2D eigenvalue weighted by Crippen LogP contribution is -2.42. The van der Waals surface area contributed by atoms with Gasteiger partial charge in [-0.05, 0) is 36.4 Å². The van der Waals surface area contributed by atoms with E-state index in [1.165, 1.54) is 50.3 Å². The summed E-state index contributed by atoms with van der Waals surface area (Å²) in [5.74, 6) is -7.43. The zero-order chi connectivity index (χ0) is 31.4. The number of esters is 3. The summed E-state index contributed by atoms with van der Waals surface area (Å²) in [5.41, 5.74) is -0.481. The van der Waals surface area contributed by atoms with Gasteiger partial charge in [-0.3, -0.25) is 4.55 Å². The molecule has 14 nitrogen and oxygen atoms in total. The van der Waals surface area contributed by atoms with Crippen LogP contribution >= 0.6 is 12.0 Å². The fourth-order valence-electron chi connectivity index (χ4n) is 3.85. The molecule has 1 atom stereocenters. The van der Waals surface area contributed by atoms with Gasteiger partial charge < -0.3 is 24.1 Å². The Hall–Kier alpha value is -4.45. The minimum absolute atomic E-state index is 0.0244. The van der Waals surface area contributed by atoms with E-state index in [2.05, 4.69) is 9.37 Å². The Bertz CT molecular complexity index is 1670. The molecule has 0 bridgehead atoms. The molecule has 1 unspecified atom stereocenters. The average Bonchev–Trinajstić information content (AvgIpc) is 2.94. The van der Waals surface area contributed by atoms with E-state index in [4.69, 9.17) is 24.2 Å². The lowest BCUT2D eigenvalue weighted by atomic mass is 10.1. The van der Waals surface area contributed by atoms with Gasteiger partial charge in [0.05, 0.1) is 16.9 Å². The summed E-state index contributed by atoms with van der Waals surface area (Å²) in [6, 6.07) is 11.0. The van der Waals surface area contributed by atoms with Gasteiger partial charge >= 0.3 is 17.9 Å². The summed E-state index contributed by atoms with van der Waals surface area (Å²) in [5, 5.41) is 22.2. The number of benzene rings is 2. The van der Waals surface area contributed by atoms with Crippen LogP contribution in [-0.4, -0.2) is 41.2 Å². The van der Waals surface area contributed by atoms with Crippen molar-refractivity contribution in [1.29, 1.82) is 0 Å². The Morgan fingerprint density at radius 2 is 1.44 bits per heavy atom. The number of ether oxygens (including phenoxy) is 4. The van der Waals surface area contributed by atoms with Crippen LogP contribution in [0.4, 0.5) is 0 Å². The minimum Gasteiger partial charge on any atom is -0.480 e. The largest absolute Gasteiger partial charge is 0.480 e. The molecule has 2 aliphatic heterocycles. The molecule has 2 aliphatic rings. The number of allylic oxidation sites excluding steroid dienone is 4. The molecule has 2 aromatic rings. The van der Waals surface area contributed by atoms with Gasteiger partial charge in [-0.15, -0.1) is 4.33 Å². The van der Waals surface area contributed by atoms with E-state index in [9.17, 15) is 32.5 Å². The molecule has 0 aromatic heterocycles. The molecule has 3 N–H and O–H groups in total. The number of hydrogen-bond acceptors (Lipinski definition) is 14. The maximum absolute atomic E-state index is 12.6. The monoisotopic (exact) mass is 634 g/mol. The second kappa shape index (κ2) is 12.4. The number of rotatable bonds is 9. The molecular formula is C27H22O14S2. The molecular weight excluding hydrogens is 612 g/mol. The van der Waals surface area contributed by atoms with Crippen LogP contribution in [0.25, 0.3) is 0 Å². The van der Waals surface area contributed by atoms with Crippen LogP contribution in [0.15, 0.2) is 106 Å². The van der Waals surface area contributed by atoms with Crippen LogP contribution < -0.4 is 0 Å². The highest BCUT2D eigenvalue weighted by atomic mass is 32.2. The van der Waals surface area contributed by atoms with Crippen molar-refractivity contribution in [2.45, 2.75) is 35.2 Å². The molecule has 2 heterocycles. The number of hydrogen-bond donors (Lipinski definition) is 3. The van der Waals surface area contributed by atoms with Gasteiger partial charge in [0.2, 0.25) is 0 Å². The SMILES string of the molecule is CC1(c2cccc(SOOO)c2)OC(=O)C(=C/C=C/C=C/C2=C(O)OC(C)(c3cccc(S(=O)(=O)O)c3)OC2=O)C(=O)O1. The Morgan fingerprint density at radius 3 is 2.07 bits per heavy atom. The summed E-state index contributed by atoms with van der Waals surface area (Å²) in [4.78, 5) is 37.8. The summed E-state index contributed by atoms with van der Waals surface area (Å²) in [6.07, 6.45) is 6.13. The van der Waals surface area contributed by atoms with E-state index < -0.39 is 56.0 Å². The number of cyclic esters (lactones) is 3. The van der Waals surface area contributed by atoms with Crippen molar-refractivity contribution in [3.05, 3.63) is 107 Å². The molecule has 0 amide bonds. The Kier molecular flexibility index (Phi) is 9.09. The molecule has 0 radical (unpaired) electrons. The van der Waals surface area contributed by atoms with Crippen LogP contribution in [0, 0.1) is 0 Å². The lowest BCUT2D eigenvalue weighted by Gasteiger charge is -2.33. The highest BCUT2D eigenvalue weighted by Gasteiger charge is 2.44. The molecule has 43 heavy (non-hydrogen) atoms. The quantitative estimate of drug-likeness (QED) is 0.0524. The molecule has 1 fully saturated rings. The normalized spacial score (nSPS) is 22.8. The van der Waals surface area contributed by atoms with Crippen molar-refractivity contribution in [2.24, 2.45) is 0 Å². The fraction of sp³-hybridized carbons (Fsp3) is 0.148. The standard InChI is InChI=1S/C27H22O14S2/c1-26(16-8-6-10-18(14-16)42-41-40-32)36-22(28)20(23(29)37-26)12-4-3-5-13-21-24(30)38-27(2,39-25(21)31)17-9-7-11-19(15-17)43(33,34)35/h3-15,30,32H,1-2H3,(H,33,34,35)/b4-3+,13-5+,20-12?. The number of carbonyl (C=O) groups is 3. The summed E-state index contributed by atoms with van der Waals surface area (Å²) in [7, 11) is -4.55. The highest BCUT2D eigenvalue weighted by molar-refractivity contribution is 7.94. The van der Waals surface area contributed by atoms with Crippen molar-refractivity contribution in [1.82, 2.24) is 0 Å². The molecule has 1 saturated heterocycles. The van der Waals surface area contributed by atoms with E-state index in [0.29, 0.717) is 22.5 Å². The first kappa shape index (κ1) is 31.5. The van der Waals surface area contributed by atoms with Crippen molar-refractivity contribution >= 4 is 40.1 Å². The van der Waals surface area contributed by atoms with Gasteiger partial charge in [-0.1, -0.05) is 47.5 Å². The number of aliphatic hydroxyl groups excluding tert-OH is 1. The number of carbonyl (C=O) groups excluding carboxylic acids is 3. The molecule has 16 heteroatoms. The van der Waals surface area contributed by atoms with Gasteiger partial charge in [0.1, 0.15) is 11.1 Å². The third-order valence-electron chi connectivity index (χ3n) is 5.97. The fourth-order valence-corrected chi connectivity index (χ4v) is 4.79.